The number of benzene rings is 1. The average molecular weight is 347 g/mol. The molecule has 0 unspecified atom stereocenters. The largest absolute Gasteiger partial charge is 0.324 e. The maximum absolute atomic E-state index is 4.79. The van der Waals surface area contributed by atoms with E-state index in [4.69, 9.17) is 4.98 Å². The molecule has 0 aliphatic heterocycles. The van der Waals surface area contributed by atoms with Crippen LogP contribution in [0.15, 0.2) is 42.6 Å². The molecule has 6 heteroatoms. The Morgan fingerprint density at radius 1 is 0.960 bits per heavy atom. The summed E-state index contributed by atoms with van der Waals surface area (Å²) in [5.41, 5.74) is 4.23. The van der Waals surface area contributed by atoms with Crippen LogP contribution in [0.3, 0.4) is 0 Å². The van der Waals surface area contributed by atoms with Gasteiger partial charge in [-0.1, -0.05) is 24.3 Å². The normalized spacial score (nSPS) is 11.0. The van der Waals surface area contributed by atoms with E-state index in [1.807, 2.05) is 38.1 Å². The molecule has 124 valence electrons. The van der Waals surface area contributed by atoms with Crippen LogP contribution in [0.2, 0.25) is 0 Å². The first-order chi connectivity index (χ1) is 12.1. The van der Waals surface area contributed by atoms with Crippen molar-refractivity contribution in [3.8, 4) is 10.6 Å². The third-order valence-electron chi connectivity index (χ3n) is 3.89. The number of thiazole rings is 1. The minimum Gasteiger partial charge on any atom is -0.324 e. The van der Waals surface area contributed by atoms with Crippen molar-refractivity contribution in [2.75, 3.05) is 5.32 Å². The van der Waals surface area contributed by atoms with Gasteiger partial charge in [-0.3, -0.25) is 0 Å². The van der Waals surface area contributed by atoms with Gasteiger partial charge in [-0.15, -0.1) is 11.3 Å². The van der Waals surface area contributed by atoms with Crippen LogP contribution >= 0.6 is 11.3 Å². The molecule has 4 rings (SSSR count). The fourth-order valence-electron chi connectivity index (χ4n) is 2.77. The first-order valence-corrected chi connectivity index (χ1v) is 8.82. The van der Waals surface area contributed by atoms with Gasteiger partial charge in [-0.2, -0.15) is 0 Å². The summed E-state index contributed by atoms with van der Waals surface area (Å²) in [6, 6.07) is 12.1. The summed E-state index contributed by atoms with van der Waals surface area (Å²) in [4.78, 5) is 18.0. The molecule has 25 heavy (non-hydrogen) atoms. The topological polar surface area (TPSA) is 63.6 Å². The van der Waals surface area contributed by atoms with Crippen molar-refractivity contribution < 1.29 is 0 Å². The lowest BCUT2D eigenvalue weighted by Gasteiger charge is -2.06. The maximum Gasteiger partial charge on any atom is 0.151 e. The van der Waals surface area contributed by atoms with Crippen LogP contribution in [0.1, 0.15) is 17.1 Å². The number of aryl methyl sites for hydroxylation is 3. The zero-order chi connectivity index (χ0) is 17.4. The number of nitrogens with one attached hydrogen (secondary N) is 1. The molecule has 0 spiro atoms. The fourth-order valence-corrected chi connectivity index (χ4v) is 3.87. The predicted octanol–water partition coefficient (Wildman–Crippen LogP) is 4.82. The smallest absolute Gasteiger partial charge is 0.151 e. The number of rotatable bonds is 3. The Hall–Kier alpha value is -2.86. The van der Waals surface area contributed by atoms with E-state index in [0.29, 0.717) is 0 Å². The maximum atomic E-state index is 4.79. The van der Waals surface area contributed by atoms with E-state index in [1.165, 1.54) is 5.56 Å². The van der Waals surface area contributed by atoms with Crippen LogP contribution in [-0.4, -0.2) is 19.9 Å². The Labute approximate surface area is 149 Å². The molecule has 5 nitrogen and oxygen atoms in total. The zero-order valence-electron chi connectivity index (χ0n) is 14.2. The van der Waals surface area contributed by atoms with Crippen LogP contribution in [-0.2, 0) is 0 Å². The summed E-state index contributed by atoms with van der Waals surface area (Å²) in [5, 5.41) is 4.32. The SMILES string of the molecule is Cc1cc(Nc2nccc3nc(-c4ccccc4C)sc23)nc(C)n1. The third kappa shape index (κ3) is 3.08. The molecule has 0 saturated heterocycles. The molecule has 0 saturated carbocycles. The van der Waals surface area contributed by atoms with Gasteiger partial charge in [0.2, 0.25) is 0 Å². The summed E-state index contributed by atoms with van der Waals surface area (Å²) < 4.78 is 1.02. The van der Waals surface area contributed by atoms with Crippen molar-refractivity contribution >= 4 is 33.2 Å². The number of pyridine rings is 1. The van der Waals surface area contributed by atoms with Crippen molar-refractivity contribution in [1.82, 2.24) is 19.9 Å². The van der Waals surface area contributed by atoms with Crippen molar-refractivity contribution in [3.05, 3.63) is 59.7 Å². The molecule has 0 aliphatic rings. The van der Waals surface area contributed by atoms with Gasteiger partial charge in [0.25, 0.3) is 0 Å². The second kappa shape index (κ2) is 6.22. The standard InChI is InChI=1S/C19H17N5S/c1-11-6-4-5-7-14(11)19-23-15-8-9-20-18(17(15)25-19)24-16-10-12(2)21-13(3)22-16/h4-10H,1-3H3,(H,20,21,22,24). The van der Waals surface area contributed by atoms with E-state index in [1.54, 1.807) is 17.5 Å². The number of nitrogens with zero attached hydrogens (tertiary/aromatic N) is 4. The van der Waals surface area contributed by atoms with E-state index in [0.717, 1.165) is 43.9 Å². The quantitative estimate of drug-likeness (QED) is 0.576. The highest BCUT2D eigenvalue weighted by molar-refractivity contribution is 7.22. The Morgan fingerprint density at radius 2 is 1.80 bits per heavy atom. The first-order valence-electron chi connectivity index (χ1n) is 8.01. The molecule has 3 heterocycles. The lowest BCUT2D eigenvalue weighted by molar-refractivity contribution is 1.01. The molecule has 1 N–H and O–H groups in total. The zero-order valence-corrected chi connectivity index (χ0v) is 15.1. The first kappa shape index (κ1) is 15.7. The van der Waals surface area contributed by atoms with E-state index in [-0.39, 0.29) is 0 Å². The molecule has 0 radical (unpaired) electrons. The summed E-state index contributed by atoms with van der Waals surface area (Å²) in [6.07, 6.45) is 1.77. The minimum absolute atomic E-state index is 0.736. The molecule has 0 bridgehead atoms. The lowest BCUT2D eigenvalue weighted by Crippen LogP contribution is -2.00. The Morgan fingerprint density at radius 3 is 2.60 bits per heavy atom. The van der Waals surface area contributed by atoms with E-state index < -0.39 is 0 Å². The van der Waals surface area contributed by atoms with Crippen LogP contribution in [0.4, 0.5) is 11.6 Å². The van der Waals surface area contributed by atoms with Crippen LogP contribution in [0, 0.1) is 20.8 Å². The molecule has 0 amide bonds. The summed E-state index contributed by atoms with van der Waals surface area (Å²) in [6.45, 7) is 5.94. The second-order valence-corrected chi connectivity index (χ2v) is 6.91. The van der Waals surface area contributed by atoms with Gasteiger partial charge < -0.3 is 5.32 Å². The van der Waals surface area contributed by atoms with E-state index >= 15 is 0 Å². The van der Waals surface area contributed by atoms with Crippen molar-refractivity contribution in [1.29, 1.82) is 0 Å². The highest BCUT2D eigenvalue weighted by Gasteiger charge is 2.13. The van der Waals surface area contributed by atoms with Gasteiger partial charge in [0.15, 0.2) is 5.82 Å². The molecule has 0 fully saturated rings. The number of fused-ring (bicyclic) bond motifs is 1. The number of anilines is 2. The monoisotopic (exact) mass is 347 g/mol. The molecule has 0 atom stereocenters. The molecule has 0 aliphatic carbocycles. The summed E-state index contributed by atoms with van der Waals surface area (Å²) >= 11 is 1.64. The van der Waals surface area contributed by atoms with Crippen molar-refractivity contribution in [2.45, 2.75) is 20.8 Å². The van der Waals surface area contributed by atoms with Gasteiger partial charge in [0, 0.05) is 23.5 Å². The predicted molar refractivity (Wildman–Crippen MR) is 102 cm³/mol. The highest BCUT2D eigenvalue weighted by atomic mass is 32.1. The van der Waals surface area contributed by atoms with Crippen molar-refractivity contribution in [2.24, 2.45) is 0 Å². The van der Waals surface area contributed by atoms with Crippen molar-refractivity contribution in [3.63, 3.8) is 0 Å². The Kier molecular flexibility index (Phi) is 3.89. The summed E-state index contributed by atoms with van der Waals surface area (Å²) in [5.74, 6) is 2.25. The van der Waals surface area contributed by atoms with Gasteiger partial charge in [0.05, 0.1) is 10.2 Å². The highest BCUT2D eigenvalue weighted by Crippen LogP contribution is 2.35. The average Bonchev–Trinajstić information content (AvgIpc) is 2.99. The Bertz CT molecular complexity index is 1050. The molecular formula is C19H17N5S. The molecular weight excluding hydrogens is 330 g/mol. The van der Waals surface area contributed by atoms with E-state index in [9.17, 15) is 0 Å². The minimum atomic E-state index is 0.736. The number of aromatic nitrogens is 4. The van der Waals surface area contributed by atoms with Gasteiger partial charge >= 0.3 is 0 Å². The number of hydrogen-bond acceptors (Lipinski definition) is 6. The Balaban J connectivity index is 1.79. The lowest BCUT2D eigenvalue weighted by atomic mass is 10.1. The molecule has 3 aromatic heterocycles. The van der Waals surface area contributed by atoms with Crippen LogP contribution in [0.5, 0.6) is 0 Å². The second-order valence-electron chi connectivity index (χ2n) is 5.91. The fraction of sp³-hybridized carbons (Fsp3) is 0.158. The van der Waals surface area contributed by atoms with Crippen LogP contribution in [0.25, 0.3) is 20.8 Å². The van der Waals surface area contributed by atoms with Gasteiger partial charge in [0.1, 0.15) is 16.6 Å². The molecule has 4 aromatic rings. The number of hydrogen-bond donors (Lipinski definition) is 1. The summed E-state index contributed by atoms with van der Waals surface area (Å²) in [7, 11) is 0. The van der Waals surface area contributed by atoms with Gasteiger partial charge in [-0.05, 0) is 32.4 Å². The van der Waals surface area contributed by atoms with Gasteiger partial charge in [-0.25, -0.2) is 19.9 Å². The molecule has 1 aromatic carbocycles. The van der Waals surface area contributed by atoms with E-state index in [2.05, 4.69) is 39.3 Å². The third-order valence-corrected chi connectivity index (χ3v) is 5.00. The van der Waals surface area contributed by atoms with Crippen LogP contribution < -0.4 is 5.32 Å².